The van der Waals surface area contributed by atoms with E-state index >= 15 is 0 Å². The molecule has 1 unspecified atom stereocenters. The predicted octanol–water partition coefficient (Wildman–Crippen LogP) is 0.605. The summed E-state index contributed by atoms with van der Waals surface area (Å²) < 4.78 is 0. The first-order valence-corrected chi connectivity index (χ1v) is 4.52. The summed E-state index contributed by atoms with van der Waals surface area (Å²) in [5, 5.41) is 10.3. The molecule has 1 fully saturated rings. The fraction of sp³-hybridized carbons (Fsp3) is 0.500. The van der Waals surface area contributed by atoms with E-state index in [-0.39, 0.29) is 0 Å². The van der Waals surface area contributed by atoms with Gasteiger partial charge in [0.05, 0.1) is 0 Å². The Morgan fingerprint density at radius 1 is 1.62 bits per heavy atom. The second kappa shape index (κ2) is 3.09. The molecule has 0 radical (unpaired) electrons. The van der Waals surface area contributed by atoms with Crippen LogP contribution in [-0.4, -0.2) is 35.1 Å². The molecule has 1 aliphatic rings. The van der Waals surface area contributed by atoms with Crippen molar-refractivity contribution in [1.82, 2.24) is 9.88 Å². The van der Waals surface area contributed by atoms with Crippen molar-refractivity contribution in [3.05, 3.63) is 30.1 Å². The van der Waals surface area contributed by atoms with Crippen LogP contribution in [0.3, 0.4) is 0 Å². The van der Waals surface area contributed by atoms with Crippen LogP contribution in [0.15, 0.2) is 24.5 Å². The molecule has 1 aromatic heterocycles. The van der Waals surface area contributed by atoms with Gasteiger partial charge in [0.1, 0.15) is 5.60 Å². The lowest BCUT2D eigenvalue weighted by molar-refractivity contribution is 0.0485. The van der Waals surface area contributed by atoms with Crippen LogP contribution in [0.25, 0.3) is 0 Å². The molecule has 2 rings (SSSR count). The van der Waals surface area contributed by atoms with Crippen LogP contribution in [0.2, 0.25) is 0 Å². The monoisotopic (exact) mass is 178 g/mol. The Balaban J connectivity index is 2.26. The molecule has 3 heteroatoms. The fourth-order valence-electron chi connectivity index (χ4n) is 1.85. The molecule has 0 saturated carbocycles. The molecule has 2 heterocycles. The second-order valence-electron chi connectivity index (χ2n) is 3.76. The van der Waals surface area contributed by atoms with Gasteiger partial charge in [-0.25, -0.2) is 0 Å². The van der Waals surface area contributed by atoms with Crippen molar-refractivity contribution < 1.29 is 5.11 Å². The third kappa shape index (κ3) is 1.57. The minimum absolute atomic E-state index is 0.678. The van der Waals surface area contributed by atoms with Crippen molar-refractivity contribution in [3.63, 3.8) is 0 Å². The number of likely N-dealkylation sites (tertiary alicyclic amines) is 1. The molecule has 1 aromatic rings. The lowest BCUT2D eigenvalue weighted by atomic mass is 9.95. The molecule has 13 heavy (non-hydrogen) atoms. The van der Waals surface area contributed by atoms with Gasteiger partial charge in [-0.05, 0) is 19.5 Å². The molecular formula is C10H14N2O. The first-order valence-electron chi connectivity index (χ1n) is 4.52. The average molecular weight is 178 g/mol. The van der Waals surface area contributed by atoms with Crippen LogP contribution in [0, 0.1) is 0 Å². The zero-order valence-electron chi connectivity index (χ0n) is 7.77. The highest BCUT2D eigenvalue weighted by Gasteiger charge is 2.35. The van der Waals surface area contributed by atoms with Gasteiger partial charge in [-0.2, -0.15) is 0 Å². The first kappa shape index (κ1) is 8.66. The van der Waals surface area contributed by atoms with Gasteiger partial charge in [-0.1, -0.05) is 6.07 Å². The van der Waals surface area contributed by atoms with Gasteiger partial charge in [-0.15, -0.1) is 0 Å². The highest BCUT2D eigenvalue weighted by molar-refractivity contribution is 5.20. The summed E-state index contributed by atoms with van der Waals surface area (Å²) in [5.74, 6) is 0. The molecule has 0 bridgehead atoms. The summed E-state index contributed by atoms with van der Waals surface area (Å²) in [4.78, 5) is 6.15. The Kier molecular flexibility index (Phi) is 2.06. The number of aromatic nitrogens is 1. The van der Waals surface area contributed by atoms with Crippen molar-refractivity contribution >= 4 is 0 Å². The van der Waals surface area contributed by atoms with Gasteiger partial charge in [-0.3, -0.25) is 4.98 Å². The number of nitrogens with zero attached hydrogens (tertiary/aromatic N) is 2. The maximum Gasteiger partial charge on any atom is 0.105 e. The summed E-state index contributed by atoms with van der Waals surface area (Å²) in [7, 11) is 2.02. The van der Waals surface area contributed by atoms with E-state index in [0.717, 1.165) is 18.5 Å². The van der Waals surface area contributed by atoms with Gasteiger partial charge in [0.15, 0.2) is 0 Å². The Hall–Kier alpha value is -0.930. The molecular weight excluding hydrogens is 164 g/mol. The summed E-state index contributed by atoms with van der Waals surface area (Å²) in [5.41, 5.74) is 0.252. The lowest BCUT2D eigenvalue weighted by Crippen LogP contribution is -2.29. The molecule has 70 valence electrons. The van der Waals surface area contributed by atoms with Gasteiger partial charge < -0.3 is 10.0 Å². The van der Waals surface area contributed by atoms with E-state index in [9.17, 15) is 5.11 Å². The largest absolute Gasteiger partial charge is 0.384 e. The standard InChI is InChI=1S/C10H14N2O/c1-12-6-4-10(13,8-12)9-3-2-5-11-7-9/h2-3,5,7,13H,4,6,8H2,1H3. The Morgan fingerprint density at radius 3 is 3.00 bits per heavy atom. The molecule has 1 atom stereocenters. The van der Waals surface area contributed by atoms with E-state index in [2.05, 4.69) is 9.88 Å². The van der Waals surface area contributed by atoms with Gasteiger partial charge in [0.25, 0.3) is 0 Å². The number of hydrogen-bond acceptors (Lipinski definition) is 3. The molecule has 0 aromatic carbocycles. The highest BCUT2D eigenvalue weighted by atomic mass is 16.3. The maximum atomic E-state index is 10.3. The Morgan fingerprint density at radius 2 is 2.46 bits per heavy atom. The normalized spacial score (nSPS) is 29.4. The molecule has 3 nitrogen and oxygen atoms in total. The van der Waals surface area contributed by atoms with Gasteiger partial charge >= 0.3 is 0 Å². The number of aliphatic hydroxyl groups is 1. The number of pyridine rings is 1. The number of β-amino-alcohol motifs (C(OH)–C–C–N with tert-alkyl or cyclic N) is 1. The summed E-state index contributed by atoms with van der Waals surface area (Å²) in [6.07, 6.45) is 4.28. The molecule has 1 saturated heterocycles. The van der Waals surface area contributed by atoms with E-state index in [0.29, 0.717) is 6.54 Å². The summed E-state index contributed by atoms with van der Waals surface area (Å²) in [6.45, 7) is 1.66. The third-order valence-electron chi connectivity index (χ3n) is 2.64. The van der Waals surface area contributed by atoms with Crippen LogP contribution in [0.1, 0.15) is 12.0 Å². The third-order valence-corrected chi connectivity index (χ3v) is 2.64. The SMILES string of the molecule is CN1CCC(O)(c2cccnc2)C1. The molecule has 0 spiro atoms. The van der Waals surface area contributed by atoms with Crippen molar-refractivity contribution in [3.8, 4) is 0 Å². The second-order valence-corrected chi connectivity index (χ2v) is 3.76. The van der Waals surface area contributed by atoms with E-state index in [1.54, 1.807) is 12.4 Å². The summed E-state index contributed by atoms with van der Waals surface area (Å²) >= 11 is 0. The van der Waals surface area contributed by atoms with Crippen molar-refractivity contribution in [2.24, 2.45) is 0 Å². The quantitative estimate of drug-likeness (QED) is 0.684. The number of hydrogen-bond donors (Lipinski definition) is 1. The predicted molar refractivity (Wildman–Crippen MR) is 50.2 cm³/mol. The molecule has 0 aliphatic carbocycles. The zero-order valence-corrected chi connectivity index (χ0v) is 7.77. The first-order chi connectivity index (χ1) is 6.21. The van der Waals surface area contributed by atoms with Crippen molar-refractivity contribution in [2.45, 2.75) is 12.0 Å². The van der Waals surface area contributed by atoms with Crippen LogP contribution in [-0.2, 0) is 5.60 Å². The van der Waals surface area contributed by atoms with Crippen molar-refractivity contribution in [2.75, 3.05) is 20.1 Å². The van der Waals surface area contributed by atoms with E-state index in [4.69, 9.17) is 0 Å². The topological polar surface area (TPSA) is 36.4 Å². The lowest BCUT2D eigenvalue weighted by Gasteiger charge is -2.22. The van der Waals surface area contributed by atoms with Crippen LogP contribution in [0.4, 0.5) is 0 Å². The van der Waals surface area contributed by atoms with Crippen LogP contribution in [0.5, 0.6) is 0 Å². The fourth-order valence-corrected chi connectivity index (χ4v) is 1.85. The zero-order chi connectivity index (χ0) is 9.31. The Labute approximate surface area is 78.0 Å². The van der Waals surface area contributed by atoms with E-state index < -0.39 is 5.60 Å². The number of rotatable bonds is 1. The summed E-state index contributed by atoms with van der Waals surface area (Å²) in [6, 6.07) is 3.80. The molecule has 0 amide bonds. The maximum absolute atomic E-state index is 10.3. The minimum Gasteiger partial charge on any atom is -0.384 e. The molecule has 1 aliphatic heterocycles. The van der Waals surface area contributed by atoms with Gasteiger partial charge in [0, 0.05) is 31.0 Å². The van der Waals surface area contributed by atoms with Crippen LogP contribution < -0.4 is 0 Å². The van der Waals surface area contributed by atoms with Crippen LogP contribution >= 0.6 is 0 Å². The van der Waals surface area contributed by atoms with E-state index in [1.165, 1.54) is 0 Å². The number of likely N-dealkylation sites (N-methyl/N-ethyl adjacent to an activating group) is 1. The average Bonchev–Trinajstić information content (AvgIpc) is 2.49. The smallest absolute Gasteiger partial charge is 0.105 e. The molecule has 1 N–H and O–H groups in total. The van der Waals surface area contributed by atoms with E-state index in [1.807, 2.05) is 19.2 Å². The highest BCUT2D eigenvalue weighted by Crippen LogP contribution is 2.30. The minimum atomic E-state index is -0.678. The van der Waals surface area contributed by atoms with Gasteiger partial charge in [0.2, 0.25) is 0 Å². The van der Waals surface area contributed by atoms with Crippen molar-refractivity contribution in [1.29, 1.82) is 0 Å². The Bertz CT molecular complexity index is 288.